The molecule has 2 heterocycles. The van der Waals surface area contributed by atoms with Crippen molar-refractivity contribution >= 4 is 15.8 Å². The van der Waals surface area contributed by atoms with E-state index in [0.29, 0.717) is 32.6 Å². The summed E-state index contributed by atoms with van der Waals surface area (Å²) in [5.41, 5.74) is 2.11. The van der Waals surface area contributed by atoms with E-state index in [2.05, 4.69) is 15.4 Å². The van der Waals surface area contributed by atoms with Gasteiger partial charge in [0.2, 0.25) is 10.0 Å². The van der Waals surface area contributed by atoms with Gasteiger partial charge < -0.3 is 10.1 Å². The van der Waals surface area contributed by atoms with Crippen molar-refractivity contribution in [2.24, 2.45) is 0 Å². The minimum atomic E-state index is -3.36. The second-order valence-corrected chi connectivity index (χ2v) is 7.48. The van der Waals surface area contributed by atoms with E-state index < -0.39 is 16.1 Å². The maximum Gasteiger partial charge on any atom is 0.215 e. The van der Waals surface area contributed by atoms with Crippen molar-refractivity contribution in [3.8, 4) is 0 Å². The molecule has 8 heteroatoms. The van der Waals surface area contributed by atoms with E-state index in [1.807, 2.05) is 25.1 Å². The van der Waals surface area contributed by atoms with Crippen LogP contribution in [0.2, 0.25) is 0 Å². The third-order valence-corrected chi connectivity index (χ3v) is 5.81. The summed E-state index contributed by atoms with van der Waals surface area (Å²) in [5, 5.41) is 9.06. The van der Waals surface area contributed by atoms with E-state index in [1.165, 1.54) is 4.31 Å². The molecule has 1 saturated heterocycles. The molecule has 2 N–H and O–H groups in total. The number of hydrogen-bond acceptors (Lipinski definition) is 6. The molecular formula is C14H24N4O3S. The van der Waals surface area contributed by atoms with Crippen molar-refractivity contribution in [1.29, 1.82) is 0 Å². The molecule has 7 nitrogen and oxygen atoms in total. The van der Waals surface area contributed by atoms with Gasteiger partial charge in [0, 0.05) is 38.4 Å². The van der Waals surface area contributed by atoms with Gasteiger partial charge in [-0.25, -0.2) is 18.9 Å². The maximum absolute atomic E-state index is 12.4. The van der Waals surface area contributed by atoms with Crippen molar-refractivity contribution in [2.75, 3.05) is 36.8 Å². The van der Waals surface area contributed by atoms with Crippen molar-refractivity contribution in [2.45, 2.75) is 25.8 Å². The fourth-order valence-corrected chi connectivity index (χ4v) is 4.31. The zero-order valence-corrected chi connectivity index (χ0v) is 13.7. The number of sulfonamides is 1. The highest BCUT2D eigenvalue weighted by atomic mass is 32.2. The molecule has 1 aromatic heterocycles. The first-order chi connectivity index (χ1) is 10.6. The first kappa shape index (κ1) is 17.1. The molecular weight excluding hydrogens is 304 g/mol. The summed E-state index contributed by atoms with van der Waals surface area (Å²) >= 11 is 0. The van der Waals surface area contributed by atoms with Gasteiger partial charge in [-0.1, -0.05) is 19.4 Å². The molecule has 1 atom stereocenters. The Labute approximate surface area is 132 Å². The topological polar surface area (TPSA) is 85.8 Å². The normalized spacial score (nSPS) is 18.4. The average molecular weight is 328 g/mol. The van der Waals surface area contributed by atoms with Crippen LogP contribution < -0.4 is 10.4 Å². The first-order valence-corrected chi connectivity index (χ1v) is 9.21. The molecule has 1 aliphatic rings. The molecule has 2 rings (SSSR count). The standard InChI is InChI=1S/C14H24N4O3S/c1-2-5-13(16-19)12-22(20,21)18-10-8-17(9-11-18)14-6-3-4-7-15-14/h3-4,6-7,13,16,19H,2,5,8-12H2,1H3. The van der Waals surface area contributed by atoms with Gasteiger partial charge in [-0.05, 0) is 18.6 Å². The van der Waals surface area contributed by atoms with Gasteiger partial charge in [-0.3, -0.25) is 0 Å². The third kappa shape index (κ3) is 4.39. The fraction of sp³-hybridized carbons (Fsp3) is 0.643. The van der Waals surface area contributed by atoms with Crippen molar-refractivity contribution in [3.63, 3.8) is 0 Å². The number of piperazine rings is 1. The smallest absolute Gasteiger partial charge is 0.215 e. The van der Waals surface area contributed by atoms with E-state index in [1.54, 1.807) is 6.20 Å². The highest BCUT2D eigenvalue weighted by Gasteiger charge is 2.29. The Balaban J connectivity index is 1.92. The minimum Gasteiger partial charge on any atom is -0.354 e. The summed E-state index contributed by atoms with van der Waals surface area (Å²) in [7, 11) is -3.36. The van der Waals surface area contributed by atoms with Crippen LogP contribution in [-0.4, -0.2) is 60.9 Å². The molecule has 0 aromatic carbocycles. The summed E-state index contributed by atoms with van der Waals surface area (Å²) < 4.78 is 26.3. The lowest BCUT2D eigenvalue weighted by Gasteiger charge is -2.35. The molecule has 0 radical (unpaired) electrons. The van der Waals surface area contributed by atoms with Gasteiger partial charge in [-0.15, -0.1) is 0 Å². The molecule has 0 amide bonds. The molecule has 1 fully saturated rings. The molecule has 124 valence electrons. The molecule has 1 aromatic rings. The van der Waals surface area contributed by atoms with Crippen LogP contribution in [0.5, 0.6) is 0 Å². The van der Waals surface area contributed by atoms with Gasteiger partial charge in [0.15, 0.2) is 0 Å². The Kier molecular flexibility index (Phi) is 6.13. The van der Waals surface area contributed by atoms with Crippen molar-refractivity contribution in [3.05, 3.63) is 24.4 Å². The van der Waals surface area contributed by atoms with Crippen LogP contribution in [0.25, 0.3) is 0 Å². The number of nitrogens with zero attached hydrogens (tertiary/aromatic N) is 3. The second kappa shape index (κ2) is 7.87. The van der Waals surface area contributed by atoms with Gasteiger partial charge in [-0.2, -0.15) is 4.31 Å². The molecule has 0 bridgehead atoms. The average Bonchev–Trinajstić information content (AvgIpc) is 2.55. The Morgan fingerprint density at radius 2 is 2.05 bits per heavy atom. The second-order valence-electron chi connectivity index (χ2n) is 5.47. The van der Waals surface area contributed by atoms with Crippen LogP contribution in [0.3, 0.4) is 0 Å². The van der Waals surface area contributed by atoms with E-state index in [9.17, 15) is 8.42 Å². The summed E-state index contributed by atoms with van der Waals surface area (Å²) in [6.07, 6.45) is 3.19. The Hall–Kier alpha value is -1.22. The lowest BCUT2D eigenvalue weighted by molar-refractivity contribution is 0.129. The molecule has 0 saturated carbocycles. The molecule has 1 unspecified atom stereocenters. The molecule has 0 spiro atoms. The largest absolute Gasteiger partial charge is 0.354 e. The zero-order valence-electron chi connectivity index (χ0n) is 12.9. The number of nitrogens with one attached hydrogen (secondary N) is 1. The van der Waals surface area contributed by atoms with Gasteiger partial charge in [0.05, 0.1) is 5.75 Å². The van der Waals surface area contributed by atoms with Crippen LogP contribution in [0.1, 0.15) is 19.8 Å². The minimum absolute atomic E-state index is 0.0685. The van der Waals surface area contributed by atoms with Crippen LogP contribution in [-0.2, 0) is 10.0 Å². The van der Waals surface area contributed by atoms with Crippen LogP contribution in [0.15, 0.2) is 24.4 Å². The number of hydrogen-bond donors (Lipinski definition) is 2. The number of pyridine rings is 1. The van der Waals surface area contributed by atoms with Crippen molar-refractivity contribution in [1.82, 2.24) is 14.8 Å². The highest BCUT2D eigenvalue weighted by molar-refractivity contribution is 7.89. The quantitative estimate of drug-likeness (QED) is 0.716. The van der Waals surface area contributed by atoms with E-state index >= 15 is 0 Å². The number of anilines is 1. The molecule has 1 aliphatic heterocycles. The highest BCUT2D eigenvalue weighted by Crippen LogP contribution is 2.15. The monoisotopic (exact) mass is 328 g/mol. The summed E-state index contributed by atoms with van der Waals surface area (Å²) in [6, 6.07) is 5.30. The predicted octanol–water partition coefficient (Wildman–Crippen LogP) is 0.681. The Morgan fingerprint density at radius 1 is 1.32 bits per heavy atom. The fourth-order valence-electron chi connectivity index (χ4n) is 2.63. The Bertz CT molecular complexity index is 544. The Morgan fingerprint density at radius 3 is 2.59 bits per heavy atom. The summed E-state index contributed by atoms with van der Waals surface area (Å²) in [6.45, 7) is 4.11. The van der Waals surface area contributed by atoms with E-state index in [-0.39, 0.29) is 5.75 Å². The van der Waals surface area contributed by atoms with E-state index in [0.717, 1.165) is 12.2 Å². The predicted molar refractivity (Wildman–Crippen MR) is 85.4 cm³/mol. The number of hydroxylamine groups is 1. The van der Waals surface area contributed by atoms with Crippen LogP contribution in [0.4, 0.5) is 5.82 Å². The lowest BCUT2D eigenvalue weighted by Crippen LogP contribution is -2.51. The number of aromatic nitrogens is 1. The molecule has 0 aliphatic carbocycles. The maximum atomic E-state index is 12.4. The van der Waals surface area contributed by atoms with Crippen LogP contribution in [0, 0.1) is 0 Å². The summed E-state index contributed by atoms with van der Waals surface area (Å²) in [5.74, 6) is 0.807. The zero-order chi connectivity index (χ0) is 16.0. The lowest BCUT2D eigenvalue weighted by atomic mass is 10.2. The van der Waals surface area contributed by atoms with E-state index in [4.69, 9.17) is 5.21 Å². The van der Waals surface area contributed by atoms with Crippen molar-refractivity contribution < 1.29 is 13.6 Å². The molecule has 22 heavy (non-hydrogen) atoms. The third-order valence-electron chi connectivity index (χ3n) is 3.84. The summed E-state index contributed by atoms with van der Waals surface area (Å²) in [4.78, 5) is 6.37. The number of rotatable bonds is 7. The van der Waals surface area contributed by atoms with Crippen LogP contribution >= 0.6 is 0 Å². The van der Waals surface area contributed by atoms with Gasteiger partial charge >= 0.3 is 0 Å². The van der Waals surface area contributed by atoms with Gasteiger partial charge in [0.1, 0.15) is 5.82 Å². The first-order valence-electron chi connectivity index (χ1n) is 7.60. The SMILES string of the molecule is CCCC(CS(=O)(=O)N1CCN(c2ccccn2)CC1)NO. The van der Waals surface area contributed by atoms with Gasteiger partial charge in [0.25, 0.3) is 0 Å².